The fourth-order valence-corrected chi connectivity index (χ4v) is 3.72. The highest BCUT2D eigenvalue weighted by Crippen LogP contribution is 2.34. The topological polar surface area (TPSA) is 58.6 Å². The molecule has 2 aliphatic rings. The summed E-state index contributed by atoms with van der Waals surface area (Å²) in [6.07, 6.45) is 2.88. The van der Waals surface area contributed by atoms with E-state index in [0.717, 1.165) is 24.8 Å². The molecule has 0 spiro atoms. The molecule has 1 aromatic carbocycles. The summed E-state index contributed by atoms with van der Waals surface area (Å²) >= 11 is 0. The molecule has 0 radical (unpaired) electrons. The molecule has 0 unspecified atom stereocenters. The number of nitrogens with zero attached hydrogens (tertiary/aromatic N) is 1. The van der Waals surface area contributed by atoms with Crippen LogP contribution in [-0.4, -0.2) is 48.6 Å². The second-order valence-corrected chi connectivity index (χ2v) is 6.51. The number of benzene rings is 1. The summed E-state index contributed by atoms with van der Waals surface area (Å²) in [5.41, 5.74) is 1.04. The number of carbonyl (C=O) groups is 2. The van der Waals surface area contributed by atoms with E-state index in [1.807, 2.05) is 0 Å². The van der Waals surface area contributed by atoms with Crippen LogP contribution in [0.2, 0.25) is 0 Å². The summed E-state index contributed by atoms with van der Waals surface area (Å²) in [4.78, 5) is 25.9. The Balaban J connectivity index is 1.68. The van der Waals surface area contributed by atoms with Gasteiger partial charge in [-0.15, -0.1) is 0 Å². The van der Waals surface area contributed by atoms with E-state index in [9.17, 15) is 14.0 Å². The number of hydrogen-bond acceptors (Lipinski definition) is 3. The summed E-state index contributed by atoms with van der Waals surface area (Å²) < 4.78 is 18.5. The van der Waals surface area contributed by atoms with Gasteiger partial charge in [0.25, 0.3) is 0 Å². The molecular formula is C18H23FN2O3. The first-order valence-corrected chi connectivity index (χ1v) is 8.47. The van der Waals surface area contributed by atoms with Gasteiger partial charge in [0.05, 0.1) is 13.2 Å². The van der Waals surface area contributed by atoms with Crippen molar-refractivity contribution >= 4 is 11.8 Å². The standard InChI is InChI=1S/C18H23FN2O3/c1-12(22)21-9-10-24-11-17(21)18(23)20-16-4-2-3-15(16)13-5-7-14(19)8-6-13/h5-8,15-17H,2-4,9-11H2,1H3,(H,20,23)/t15-,16-,17-/m1/s1. The minimum absolute atomic E-state index is 0.0127. The van der Waals surface area contributed by atoms with Gasteiger partial charge in [-0.1, -0.05) is 18.6 Å². The van der Waals surface area contributed by atoms with Crippen molar-refractivity contribution in [3.63, 3.8) is 0 Å². The van der Waals surface area contributed by atoms with Gasteiger partial charge in [0.2, 0.25) is 11.8 Å². The Morgan fingerprint density at radius 3 is 2.71 bits per heavy atom. The number of amides is 2. The first-order chi connectivity index (χ1) is 11.6. The van der Waals surface area contributed by atoms with Crippen LogP contribution in [0.3, 0.4) is 0 Å². The first-order valence-electron chi connectivity index (χ1n) is 8.47. The molecule has 0 aromatic heterocycles. The molecule has 1 saturated carbocycles. The summed E-state index contributed by atoms with van der Waals surface area (Å²) in [5.74, 6) is -0.345. The monoisotopic (exact) mass is 334 g/mol. The molecule has 24 heavy (non-hydrogen) atoms. The van der Waals surface area contributed by atoms with Crippen LogP contribution in [0.25, 0.3) is 0 Å². The number of rotatable bonds is 3. The minimum atomic E-state index is -0.564. The molecule has 6 heteroatoms. The Morgan fingerprint density at radius 1 is 1.25 bits per heavy atom. The van der Waals surface area contributed by atoms with Gasteiger partial charge in [0, 0.05) is 25.4 Å². The molecule has 1 aliphatic heterocycles. The van der Waals surface area contributed by atoms with Crippen LogP contribution in [0.1, 0.15) is 37.7 Å². The predicted molar refractivity (Wildman–Crippen MR) is 86.9 cm³/mol. The number of nitrogens with one attached hydrogen (secondary N) is 1. The van der Waals surface area contributed by atoms with Crippen LogP contribution in [0.15, 0.2) is 24.3 Å². The number of morpholine rings is 1. The molecule has 0 bridgehead atoms. The zero-order valence-electron chi connectivity index (χ0n) is 13.8. The normalized spacial score (nSPS) is 27.1. The van der Waals surface area contributed by atoms with Crippen molar-refractivity contribution in [2.24, 2.45) is 0 Å². The van der Waals surface area contributed by atoms with E-state index in [0.29, 0.717) is 13.2 Å². The molecule has 1 N–H and O–H groups in total. The molecule has 2 amide bonds. The highest BCUT2D eigenvalue weighted by Gasteiger charge is 2.35. The minimum Gasteiger partial charge on any atom is -0.377 e. The van der Waals surface area contributed by atoms with Gasteiger partial charge in [-0.3, -0.25) is 9.59 Å². The van der Waals surface area contributed by atoms with E-state index in [-0.39, 0.29) is 36.2 Å². The van der Waals surface area contributed by atoms with Crippen LogP contribution in [0.5, 0.6) is 0 Å². The first kappa shape index (κ1) is 16.9. The predicted octanol–water partition coefficient (Wildman–Crippen LogP) is 1.83. The van der Waals surface area contributed by atoms with E-state index >= 15 is 0 Å². The number of hydrogen-bond donors (Lipinski definition) is 1. The summed E-state index contributed by atoms with van der Waals surface area (Å²) in [7, 11) is 0. The molecule has 2 fully saturated rings. The zero-order valence-corrected chi connectivity index (χ0v) is 13.8. The fourth-order valence-electron chi connectivity index (χ4n) is 3.72. The third-order valence-corrected chi connectivity index (χ3v) is 4.98. The van der Waals surface area contributed by atoms with Gasteiger partial charge in [0.1, 0.15) is 11.9 Å². The second kappa shape index (κ2) is 7.30. The van der Waals surface area contributed by atoms with E-state index in [2.05, 4.69) is 5.32 Å². The molecule has 1 aliphatic carbocycles. The van der Waals surface area contributed by atoms with E-state index in [4.69, 9.17) is 4.74 Å². The quantitative estimate of drug-likeness (QED) is 0.917. The number of carbonyl (C=O) groups excluding carboxylic acids is 2. The molecule has 5 nitrogen and oxygen atoms in total. The summed E-state index contributed by atoms with van der Waals surface area (Å²) in [5, 5.41) is 3.09. The maximum atomic E-state index is 13.1. The molecule has 1 saturated heterocycles. The Labute approximate surface area is 141 Å². The highest BCUT2D eigenvalue weighted by molar-refractivity contribution is 5.87. The lowest BCUT2D eigenvalue weighted by Gasteiger charge is -2.35. The van der Waals surface area contributed by atoms with Crippen LogP contribution in [0.4, 0.5) is 4.39 Å². The SMILES string of the molecule is CC(=O)N1CCOC[C@@H]1C(=O)N[C@@H]1CCC[C@@H]1c1ccc(F)cc1. The molecule has 1 heterocycles. The van der Waals surface area contributed by atoms with Crippen LogP contribution >= 0.6 is 0 Å². The van der Waals surface area contributed by atoms with Gasteiger partial charge in [-0.2, -0.15) is 0 Å². The lowest BCUT2D eigenvalue weighted by molar-refractivity contribution is -0.147. The van der Waals surface area contributed by atoms with Crippen molar-refractivity contribution in [2.75, 3.05) is 19.8 Å². The lowest BCUT2D eigenvalue weighted by Crippen LogP contribution is -2.57. The Morgan fingerprint density at radius 2 is 2.00 bits per heavy atom. The Bertz CT molecular complexity index is 605. The van der Waals surface area contributed by atoms with Crippen molar-refractivity contribution in [3.8, 4) is 0 Å². The largest absolute Gasteiger partial charge is 0.377 e. The Kier molecular flexibility index (Phi) is 5.14. The van der Waals surface area contributed by atoms with Crippen LogP contribution in [0, 0.1) is 5.82 Å². The average Bonchev–Trinajstić information content (AvgIpc) is 3.03. The van der Waals surface area contributed by atoms with Crippen LogP contribution in [-0.2, 0) is 14.3 Å². The van der Waals surface area contributed by atoms with Crippen molar-refractivity contribution in [2.45, 2.75) is 44.2 Å². The second-order valence-electron chi connectivity index (χ2n) is 6.51. The van der Waals surface area contributed by atoms with E-state index in [1.54, 1.807) is 17.0 Å². The molecule has 3 rings (SSSR count). The highest BCUT2D eigenvalue weighted by atomic mass is 19.1. The van der Waals surface area contributed by atoms with Gasteiger partial charge < -0.3 is 15.0 Å². The van der Waals surface area contributed by atoms with Gasteiger partial charge in [-0.05, 0) is 30.5 Å². The zero-order chi connectivity index (χ0) is 17.1. The van der Waals surface area contributed by atoms with E-state index < -0.39 is 6.04 Å². The lowest BCUT2D eigenvalue weighted by atomic mass is 9.94. The molecule has 130 valence electrons. The molecular weight excluding hydrogens is 311 g/mol. The van der Waals surface area contributed by atoms with Crippen molar-refractivity contribution in [1.82, 2.24) is 10.2 Å². The van der Waals surface area contributed by atoms with E-state index in [1.165, 1.54) is 19.1 Å². The third kappa shape index (κ3) is 3.59. The maximum Gasteiger partial charge on any atom is 0.245 e. The van der Waals surface area contributed by atoms with Crippen molar-refractivity contribution in [1.29, 1.82) is 0 Å². The van der Waals surface area contributed by atoms with Gasteiger partial charge >= 0.3 is 0 Å². The molecule has 1 aromatic rings. The van der Waals surface area contributed by atoms with Crippen LogP contribution < -0.4 is 5.32 Å². The number of ether oxygens (including phenoxy) is 1. The van der Waals surface area contributed by atoms with Gasteiger partial charge in [-0.25, -0.2) is 4.39 Å². The van der Waals surface area contributed by atoms with Crippen molar-refractivity contribution in [3.05, 3.63) is 35.6 Å². The fraction of sp³-hybridized carbons (Fsp3) is 0.556. The van der Waals surface area contributed by atoms with Crippen molar-refractivity contribution < 1.29 is 18.7 Å². The smallest absolute Gasteiger partial charge is 0.245 e. The van der Waals surface area contributed by atoms with Gasteiger partial charge in [0.15, 0.2) is 0 Å². The average molecular weight is 334 g/mol. The molecule has 3 atom stereocenters. The Hall–Kier alpha value is -1.95. The summed E-state index contributed by atoms with van der Waals surface area (Å²) in [6.45, 7) is 2.62. The number of halogens is 1. The third-order valence-electron chi connectivity index (χ3n) is 4.98. The summed E-state index contributed by atoms with van der Waals surface area (Å²) in [6, 6.07) is 5.94. The maximum absolute atomic E-state index is 13.1.